The summed E-state index contributed by atoms with van der Waals surface area (Å²) in [6, 6.07) is 15.3. The fraction of sp³-hybridized carbons (Fsp3) is 0.455. The van der Waals surface area contributed by atoms with E-state index in [2.05, 4.69) is 52.8 Å². The van der Waals surface area contributed by atoms with Gasteiger partial charge in [0.05, 0.1) is 18.7 Å². The summed E-state index contributed by atoms with van der Waals surface area (Å²) in [6.45, 7) is 9.02. The summed E-state index contributed by atoms with van der Waals surface area (Å²) in [5.41, 5.74) is 6.69. The number of carbonyl (C=O) groups excluding carboxylic acids is 15. The number of nitrogens with one attached hydrogen (secondary N) is 10. The number of likely N-dealkylation sites (N-methyl/N-ethyl adjacent to an activating group) is 3. The van der Waals surface area contributed by atoms with Crippen molar-refractivity contribution in [3.63, 3.8) is 0 Å². The molecule has 0 aliphatic carbocycles. The number of nitrogens with two attached hydrogens (primary N) is 1. The number of piperidine rings is 1. The number of carboxylic acids is 1. The maximum atomic E-state index is 16.0. The van der Waals surface area contributed by atoms with Crippen LogP contribution in [-0.4, -0.2) is 270 Å². The maximum Gasteiger partial charge on any atom is 0.305 e. The molecule has 13 atom stereocenters. The zero-order valence-electron chi connectivity index (χ0n) is 78.6. The Morgan fingerprint density at radius 1 is 0.500 bits per heavy atom. The number of phenols is 2. The number of aromatic nitrogens is 1. The van der Waals surface area contributed by atoms with E-state index in [-0.39, 0.29) is 94.4 Å². The molecule has 15 amide bonds. The molecule has 3 aliphatic rings. The van der Waals surface area contributed by atoms with Gasteiger partial charge in [0.1, 0.15) is 90.0 Å². The first-order chi connectivity index (χ1) is 65.6. The predicted octanol–water partition coefficient (Wildman–Crippen LogP) is 4.59. The second-order valence-electron chi connectivity index (χ2n) is 36.8. The third kappa shape index (κ3) is 29.1. The smallest absolute Gasteiger partial charge is 0.305 e. The van der Waals surface area contributed by atoms with Crippen molar-refractivity contribution >= 4 is 117 Å². The Morgan fingerprint density at radius 2 is 0.978 bits per heavy atom. The van der Waals surface area contributed by atoms with Gasteiger partial charge in [-0.15, -0.1) is 11.8 Å². The quantitative estimate of drug-likeness (QED) is 0.0413. The molecule has 4 heterocycles. The van der Waals surface area contributed by atoms with Crippen LogP contribution < -0.4 is 53.6 Å². The van der Waals surface area contributed by atoms with Crippen LogP contribution in [0.15, 0.2) is 152 Å². The van der Waals surface area contributed by atoms with Crippen molar-refractivity contribution in [2.75, 3.05) is 52.3 Å². The average Bonchev–Trinajstić information content (AvgIpc) is 1.44. The lowest BCUT2D eigenvalue weighted by Gasteiger charge is -2.39. The monoisotopic (exact) mass is 1930 g/mol. The van der Waals surface area contributed by atoms with Crippen molar-refractivity contribution in [1.82, 2.24) is 77.3 Å². The molecule has 1 aromatic heterocycles. The zero-order valence-corrected chi connectivity index (χ0v) is 79.4. The summed E-state index contributed by atoms with van der Waals surface area (Å²) in [4.78, 5) is 249. The number of fused-ring (bicyclic) bond motifs is 3. The number of para-hydroxylation sites is 1. The van der Waals surface area contributed by atoms with Gasteiger partial charge in [-0.2, -0.15) is 0 Å². The first-order valence-electron chi connectivity index (χ1n) is 46.1. The Hall–Kier alpha value is -13.9. The van der Waals surface area contributed by atoms with E-state index in [0.29, 0.717) is 88.3 Å². The van der Waals surface area contributed by atoms with Gasteiger partial charge in [-0.3, -0.25) is 76.7 Å². The van der Waals surface area contributed by atoms with Crippen molar-refractivity contribution in [2.45, 2.75) is 223 Å². The molecular formula is C99H123F3N16O19S. The maximum absolute atomic E-state index is 16.0. The third-order valence-electron chi connectivity index (χ3n) is 24.8. The van der Waals surface area contributed by atoms with Crippen molar-refractivity contribution in [3.05, 3.63) is 203 Å². The number of nitrogens with zero attached hydrogens (tertiary/aromatic N) is 5. The van der Waals surface area contributed by atoms with E-state index in [1.54, 1.807) is 126 Å². The molecule has 15 N–H and O–H groups in total. The summed E-state index contributed by atoms with van der Waals surface area (Å²) in [6.07, 6.45) is -0.273. The Bertz CT molecular complexity index is 5520. The SMILES string of the molecule is CCCC[C@H]1C(=O)N2CCC[C@@H]2C(=O)N[C@@H](CC(=O)O)C(=O)N[C@@H](C(C)(C)C)C(=O)N(C)[C@@H](Cc2ccccc2)C(=O)N[C@@H](Cc2ccc(O)cc2)C(=O)N2CCCC[C@@H]2C(=O)N[C@H](Cc2c[nH]c3ccccc23)C(=O)N[C@@H](Cc2ccc(O)cc2)C(=O)N[C@@H](CC(C)C)C(=O)N[C@H](C(=O)NCC(N)=O)CSCC(=O)N[C@@H](Cc2cc(F)c(F)c(F)c2)C(=O)N(C)[C@@H](Cc2ccccc2)C(=O)N1C. The summed E-state index contributed by atoms with van der Waals surface area (Å²) in [5, 5.41) is 56.1. The van der Waals surface area contributed by atoms with Crippen LogP contribution in [-0.2, 0) is 115 Å². The van der Waals surface area contributed by atoms with E-state index in [4.69, 9.17) is 5.73 Å². The number of aromatic amines is 1. The molecular weight excluding hydrogens is 1810 g/mol. The van der Waals surface area contributed by atoms with Crippen LogP contribution in [0.5, 0.6) is 11.5 Å². The van der Waals surface area contributed by atoms with Gasteiger partial charge in [0.15, 0.2) is 17.5 Å². The number of hydrogen-bond donors (Lipinski definition) is 14. The zero-order chi connectivity index (χ0) is 101. The normalized spacial score (nSPS) is 23.3. The van der Waals surface area contributed by atoms with Crippen molar-refractivity contribution in [2.24, 2.45) is 17.1 Å². The number of halogens is 3. The number of H-pyrrole nitrogens is 1. The minimum atomic E-state index is -1.96. The number of aliphatic carboxylic acids is 1. The van der Waals surface area contributed by atoms with Gasteiger partial charge in [-0.1, -0.05) is 158 Å². The topological polar surface area (TPSA) is 500 Å². The first kappa shape index (κ1) is 106. The molecule has 35 nitrogen and oxygen atoms in total. The first-order valence-corrected chi connectivity index (χ1v) is 47.2. The standard InChI is InChI=1S/C99H123F3N16O19S/c1-10-11-29-78-97(136)118-41-22-31-77(118)92(131)110-72(51-83(123)124)90(129)113-85(99(4,5)6)98(137)115(8)79(48-57-23-14-12-15-24-57)93(132)111-74(46-60-34-38-64(120)39-35-60)95(134)117-40-21-20-30-76(117)91(130)109-71(50-62-52-104-68-28-19-18-27-65(62)68)89(128)108-70(45-59-32-36-63(119)37-33-59)88(127)107-69(42-56(2)3)87(126)112-75(86(125)105-53-81(103)121)54-138-55-82(122)106-73(47-61-43-66(100)84(102)67(101)44-61)94(133)116(9)80(96(135)114(78)7)49-58-25-16-13-17-26-58/h12-19,23-28,32-39,43-44,52,56,69-80,85,104,119-120H,10-11,20-22,29-31,40-42,45-51,53-55H2,1-9H3,(H2,103,121)(H,105,125)(H,106,122)(H,107,127)(H,108,128)(H,109,130)(H,110,131)(H,111,132)(H,112,126)(H,113,129)(H,123,124)/t69-,70-,71+,72-,73-,74-,75-,76+,77+,78-,79-,80-,85+/m0/s1. The molecule has 3 aliphatic heterocycles. The number of amides is 15. The highest BCUT2D eigenvalue weighted by atomic mass is 32.2. The highest BCUT2D eigenvalue weighted by Gasteiger charge is 2.47. The second kappa shape index (κ2) is 49.2. The van der Waals surface area contributed by atoms with Crippen LogP contribution >= 0.6 is 11.8 Å². The van der Waals surface area contributed by atoms with Crippen LogP contribution in [0.25, 0.3) is 10.9 Å². The van der Waals surface area contributed by atoms with Gasteiger partial charge in [0.25, 0.3) is 0 Å². The average molecular weight is 1930 g/mol. The lowest BCUT2D eigenvalue weighted by atomic mass is 9.85. The molecule has 39 heteroatoms. The van der Waals surface area contributed by atoms with Crippen molar-refractivity contribution in [3.8, 4) is 11.5 Å². The third-order valence-corrected chi connectivity index (χ3v) is 25.8. The molecule has 3 saturated heterocycles. The second-order valence-corrected chi connectivity index (χ2v) is 37.8. The number of benzene rings is 6. The van der Waals surface area contributed by atoms with Crippen LogP contribution in [0.1, 0.15) is 139 Å². The van der Waals surface area contributed by atoms with E-state index in [0.717, 1.165) is 14.7 Å². The van der Waals surface area contributed by atoms with E-state index < -0.39 is 233 Å². The van der Waals surface area contributed by atoms with Crippen LogP contribution in [0.2, 0.25) is 0 Å². The molecule has 0 radical (unpaired) electrons. The molecule has 0 spiro atoms. The summed E-state index contributed by atoms with van der Waals surface area (Å²) < 4.78 is 45.2. The van der Waals surface area contributed by atoms with Crippen molar-refractivity contribution < 1.29 is 105 Å². The number of hydrogen-bond acceptors (Lipinski definition) is 19. The van der Waals surface area contributed by atoms with Crippen LogP contribution in [0, 0.1) is 28.8 Å². The lowest BCUT2D eigenvalue weighted by Crippen LogP contribution is -2.63. The molecule has 10 rings (SSSR count). The van der Waals surface area contributed by atoms with E-state index >= 15 is 66.3 Å². The molecule has 0 bridgehead atoms. The molecule has 7 aromatic rings. The van der Waals surface area contributed by atoms with Crippen LogP contribution in [0.4, 0.5) is 13.2 Å². The van der Waals surface area contributed by atoms with Crippen molar-refractivity contribution in [1.29, 1.82) is 0 Å². The fourth-order valence-corrected chi connectivity index (χ4v) is 18.1. The minimum Gasteiger partial charge on any atom is -0.508 e. The number of phenolic OH excluding ortho intramolecular Hbond substituents is 2. The number of rotatable bonds is 22. The largest absolute Gasteiger partial charge is 0.508 e. The molecule has 0 unspecified atom stereocenters. The summed E-state index contributed by atoms with van der Waals surface area (Å²) >= 11 is 0.678. The fourth-order valence-electron chi connectivity index (χ4n) is 17.3. The number of primary amides is 1. The van der Waals surface area contributed by atoms with Gasteiger partial charge in [-0.05, 0) is 132 Å². The number of thioether (sulfide) groups is 1. The molecule has 740 valence electrons. The Labute approximate surface area is 802 Å². The van der Waals surface area contributed by atoms with Gasteiger partial charge < -0.3 is 98.4 Å². The highest BCUT2D eigenvalue weighted by Crippen LogP contribution is 2.30. The van der Waals surface area contributed by atoms with E-state index in [1.165, 1.54) is 79.5 Å². The Balaban J connectivity index is 1.07. The van der Waals surface area contributed by atoms with Gasteiger partial charge >= 0.3 is 5.97 Å². The van der Waals surface area contributed by atoms with E-state index in [9.17, 15) is 38.9 Å². The Morgan fingerprint density at radius 3 is 1.56 bits per heavy atom. The lowest BCUT2D eigenvalue weighted by molar-refractivity contribution is -0.152. The summed E-state index contributed by atoms with van der Waals surface area (Å²) in [7, 11) is 3.79. The Kier molecular flexibility index (Phi) is 37.9. The van der Waals surface area contributed by atoms with Crippen LogP contribution in [0.3, 0.4) is 0 Å². The predicted molar refractivity (Wildman–Crippen MR) is 505 cm³/mol. The molecule has 6 aromatic carbocycles. The number of aromatic hydroxyl groups is 2. The molecule has 3 fully saturated rings. The van der Waals surface area contributed by atoms with Gasteiger partial charge in [0.2, 0.25) is 88.6 Å². The highest BCUT2D eigenvalue weighted by molar-refractivity contribution is 8.00. The molecule has 138 heavy (non-hydrogen) atoms. The molecule has 0 saturated carbocycles. The summed E-state index contributed by atoms with van der Waals surface area (Å²) in [5.74, 6) is -23.1. The minimum absolute atomic E-state index is 0.00111. The van der Waals surface area contributed by atoms with E-state index in [1.807, 2.05) is 6.92 Å². The number of carboxylic acid groups (broad SMARTS) is 1. The number of unbranched alkanes of at least 4 members (excludes halogenated alkanes) is 1. The van der Waals surface area contributed by atoms with Gasteiger partial charge in [0, 0.05) is 95.6 Å². The number of carbonyl (C=O) groups is 16. The van der Waals surface area contributed by atoms with Gasteiger partial charge in [-0.25, -0.2) is 13.2 Å².